The van der Waals surface area contributed by atoms with Crippen LogP contribution in [0.5, 0.6) is 0 Å². The molecule has 57 heavy (non-hydrogen) atoms. The Morgan fingerprint density at radius 2 is 1.30 bits per heavy atom. The number of allylic oxidation sites excluding steroid dienone is 2. The van der Waals surface area contributed by atoms with Crippen LogP contribution in [-0.2, 0) is 28.5 Å². The molecule has 4 aliphatic carbocycles. The number of aliphatic hydroxyl groups is 7. The maximum atomic E-state index is 12.8. The summed E-state index contributed by atoms with van der Waals surface area (Å²) in [6, 6.07) is 0. The second-order valence-electron chi connectivity index (χ2n) is 21.0. The lowest BCUT2D eigenvalue weighted by molar-refractivity contribution is -0.351. The molecule has 6 fully saturated rings. The fourth-order valence-corrected chi connectivity index (χ4v) is 13.5. The monoisotopic (exact) mass is 811 g/mol. The Morgan fingerprint density at radius 1 is 0.772 bits per heavy atom. The van der Waals surface area contributed by atoms with Crippen LogP contribution in [0.3, 0.4) is 0 Å². The number of esters is 1. The van der Waals surface area contributed by atoms with E-state index in [4.69, 9.17) is 23.7 Å². The lowest BCUT2D eigenvalue weighted by Gasteiger charge is -2.72. The molecule has 0 aromatic carbocycles. The predicted octanol–water partition coefficient (Wildman–Crippen LogP) is 3.75. The van der Waals surface area contributed by atoms with Gasteiger partial charge in [0.2, 0.25) is 0 Å². The Kier molecular flexibility index (Phi) is 12.6. The summed E-state index contributed by atoms with van der Waals surface area (Å²) in [5.74, 6) is -0.114. The number of aliphatic hydroxyl groups excluding tert-OH is 6. The fraction of sp³-hybridized carbons (Fsp3) is 0.932. The molecule has 7 N–H and O–H groups in total. The quantitative estimate of drug-likeness (QED) is 0.101. The first-order valence-corrected chi connectivity index (χ1v) is 21.5. The SMILES string of the molecule is CC(=O)O[C@@H]1[C@H](O[C@@H]2O[C@H](C)[C@H](O)[C@H](O)[C@H]2O)C[C@]2(C)[C@H]3[C@H](O[C@@H]4O[C@H](C)[C@H](O)[C@H](O)[C@H]4O)C[C@@H]4[C@@H](/C(C)=C\CCC(C)(C)O)CC[C@@]4(C)[C@]3(C)CC[C@H]2C1(C)C. The van der Waals surface area contributed by atoms with E-state index in [0.717, 1.165) is 32.1 Å². The summed E-state index contributed by atoms with van der Waals surface area (Å²) in [5, 5.41) is 75.6. The second kappa shape index (κ2) is 15.9. The zero-order chi connectivity index (χ0) is 42.4. The van der Waals surface area contributed by atoms with Crippen LogP contribution >= 0.6 is 0 Å². The van der Waals surface area contributed by atoms with E-state index in [2.05, 4.69) is 47.6 Å². The molecule has 13 heteroatoms. The molecule has 6 aliphatic rings. The van der Waals surface area contributed by atoms with Gasteiger partial charge in [-0.25, -0.2) is 0 Å². The first-order chi connectivity index (χ1) is 26.3. The van der Waals surface area contributed by atoms with Crippen LogP contribution in [0, 0.1) is 45.3 Å². The van der Waals surface area contributed by atoms with Crippen LogP contribution < -0.4 is 0 Å². The molecule has 20 atom stereocenters. The number of carbonyl (C=O) groups is 1. The van der Waals surface area contributed by atoms with Crippen molar-refractivity contribution in [3.05, 3.63) is 11.6 Å². The molecule has 0 aromatic rings. The summed E-state index contributed by atoms with van der Waals surface area (Å²) < 4.78 is 31.9. The van der Waals surface area contributed by atoms with Gasteiger partial charge in [0.05, 0.1) is 30.0 Å². The average Bonchev–Trinajstić information content (AvgIpc) is 3.45. The minimum absolute atomic E-state index is 0.00580. The zero-order valence-electron chi connectivity index (χ0n) is 36.1. The first-order valence-electron chi connectivity index (χ1n) is 21.5. The van der Waals surface area contributed by atoms with Crippen LogP contribution in [0.4, 0.5) is 0 Å². The highest BCUT2D eigenvalue weighted by atomic mass is 16.7. The normalized spacial score (nSPS) is 51.4. The van der Waals surface area contributed by atoms with E-state index < -0.39 is 102 Å². The third-order valence-corrected chi connectivity index (χ3v) is 16.5. The molecule has 328 valence electrons. The molecule has 13 nitrogen and oxygen atoms in total. The number of rotatable bonds is 9. The smallest absolute Gasteiger partial charge is 0.303 e. The van der Waals surface area contributed by atoms with Gasteiger partial charge in [-0.3, -0.25) is 4.79 Å². The lowest BCUT2D eigenvalue weighted by Crippen LogP contribution is -2.71. The molecule has 2 saturated heterocycles. The molecular weight excluding hydrogens is 736 g/mol. The van der Waals surface area contributed by atoms with Gasteiger partial charge < -0.3 is 59.4 Å². The maximum absolute atomic E-state index is 12.8. The third-order valence-electron chi connectivity index (χ3n) is 16.5. The van der Waals surface area contributed by atoms with E-state index in [9.17, 15) is 40.5 Å². The topological polar surface area (TPSA) is 205 Å². The van der Waals surface area contributed by atoms with Crippen LogP contribution in [0.25, 0.3) is 0 Å². The minimum atomic E-state index is -1.55. The van der Waals surface area contributed by atoms with E-state index >= 15 is 0 Å². The average molecular weight is 811 g/mol. The Morgan fingerprint density at radius 3 is 1.82 bits per heavy atom. The summed E-state index contributed by atoms with van der Waals surface area (Å²) in [7, 11) is 0. The van der Waals surface area contributed by atoms with Gasteiger partial charge in [0.1, 0.15) is 42.7 Å². The molecule has 0 amide bonds. The number of ether oxygens (including phenoxy) is 5. The number of hydrogen-bond donors (Lipinski definition) is 7. The van der Waals surface area contributed by atoms with Gasteiger partial charge >= 0.3 is 5.97 Å². The van der Waals surface area contributed by atoms with Crippen molar-refractivity contribution in [2.45, 2.75) is 213 Å². The van der Waals surface area contributed by atoms with Crippen molar-refractivity contribution in [2.24, 2.45) is 45.3 Å². The second-order valence-corrected chi connectivity index (χ2v) is 21.0. The van der Waals surface area contributed by atoms with Crippen molar-refractivity contribution >= 4 is 5.97 Å². The number of carbonyl (C=O) groups excluding carboxylic acids is 1. The summed E-state index contributed by atoms with van der Waals surface area (Å²) in [4.78, 5) is 12.8. The van der Waals surface area contributed by atoms with Crippen LogP contribution in [0.1, 0.15) is 128 Å². The van der Waals surface area contributed by atoms with E-state index in [-0.39, 0.29) is 34.5 Å². The molecule has 0 unspecified atom stereocenters. The highest BCUT2D eigenvalue weighted by molar-refractivity contribution is 5.66. The van der Waals surface area contributed by atoms with Gasteiger partial charge in [-0.2, -0.15) is 0 Å². The Bertz CT molecular complexity index is 1480. The lowest BCUT2D eigenvalue weighted by atomic mass is 9.34. The van der Waals surface area contributed by atoms with Gasteiger partial charge in [-0.1, -0.05) is 46.3 Å². The largest absolute Gasteiger partial charge is 0.459 e. The number of fused-ring (bicyclic) bond motifs is 5. The van der Waals surface area contributed by atoms with Gasteiger partial charge in [-0.05, 0) is 126 Å². The Labute approximate surface area is 339 Å². The van der Waals surface area contributed by atoms with E-state index in [1.807, 2.05) is 13.8 Å². The molecule has 0 aromatic heterocycles. The van der Waals surface area contributed by atoms with E-state index in [0.29, 0.717) is 19.3 Å². The van der Waals surface area contributed by atoms with E-state index in [1.165, 1.54) is 12.5 Å². The molecule has 0 bridgehead atoms. The number of hydrogen-bond acceptors (Lipinski definition) is 13. The van der Waals surface area contributed by atoms with Crippen molar-refractivity contribution in [2.75, 3.05) is 0 Å². The summed E-state index contributed by atoms with van der Waals surface area (Å²) in [6.45, 7) is 21.8. The van der Waals surface area contributed by atoms with E-state index in [1.54, 1.807) is 13.8 Å². The highest BCUT2D eigenvalue weighted by Gasteiger charge is 2.73. The fourth-order valence-electron chi connectivity index (χ4n) is 13.5. The summed E-state index contributed by atoms with van der Waals surface area (Å²) in [6.07, 6.45) is -6.16. The third kappa shape index (κ3) is 7.81. The van der Waals surface area contributed by atoms with Gasteiger partial charge in [0.25, 0.3) is 0 Å². The highest BCUT2D eigenvalue weighted by Crippen LogP contribution is 2.76. The van der Waals surface area contributed by atoms with Crippen LogP contribution in [-0.4, -0.2) is 127 Å². The van der Waals surface area contributed by atoms with Crippen molar-refractivity contribution in [1.29, 1.82) is 0 Å². The minimum Gasteiger partial charge on any atom is -0.459 e. The molecular formula is C44H74O13. The Balaban J connectivity index is 1.43. The Hall–Kier alpha value is -1.23. The van der Waals surface area contributed by atoms with Gasteiger partial charge in [-0.15, -0.1) is 0 Å². The summed E-state index contributed by atoms with van der Waals surface area (Å²) in [5.41, 5.74) is -1.08. The molecule has 2 aliphatic heterocycles. The standard InChI is InChI=1S/C44H74O13/c1-21(13-12-16-40(5,6)52)25-14-17-43(10)26(25)19-27(56-38-34(50)32(48)30(46)22(2)53-38)36-42(9)20-28(57-39-35(51)33(49)31(47)23(3)54-39)37(55-24(4)45)41(7,8)29(42)15-18-44(36,43)11/h13,22-23,25-39,46-52H,12,14-20H2,1-11H3/b21-13-/t22-,23-,25-,26-,27-,28-,29+,30+,31+,32+,33+,34-,35-,36-,37-,38+,39+,42+,43-,44-/m1/s1. The first kappa shape index (κ1) is 45.3. The van der Waals surface area contributed by atoms with Crippen molar-refractivity contribution < 1.29 is 64.2 Å². The maximum Gasteiger partial charge on any atom is 0.303 e. The van der Waals surface area contributed by atoms with Crippen molar-refractivity contribution in [3.8, 4) is 0 Å². The zero-order valence-corrected chi connectivity index (χ0v) is 36.1. The van der Waals surface area contributed by atoms with Crippen LogP contribution in [0.2, 0.25) is 0 Å². The summed E-state index contributed by atoms with van der Waals surface area (Å²) >= 11 is 0. The predicted molar refractivity (Wildman–Crippen MR) is 209 cm³/mol. The van der Waals surface area contributed by atoms with Crippen LogP contribution in [0.15, 0.2) is 11.6 Å². The molecule has 2 heterocycles. The molecule has 0 spiro atoms. The van der Waals surface area contributed by atoms with Gasteiger partial charge in [0, 0.05) is 12.3 Å². The molecule has 6 rings (SSSR count). The molecule has 4 saturated carbocycles. The molecule has 0 radical (unpaired) electrons. The van der Waals surface area contributed by atoms with Gasteiger partial charge in [0.15, 0.2) is 12.6 Å². The van der Waals surface area contributed by atoms with Crippen molar-refractivity contribution in [3.63, 3.8) is 0 Å². The van der Waals surface area contributed by atoms with Crippen molar-refractivity contribution in [1.82, 2.24) is 0 Å².